The highest BCUT2D eigenvalue weighted by Gasteiger charge is 2.26. The van der Waals surface area contributed by atoms with Gasteiger partial charge in [-0.1, -0.05) is 0 Å². The zero-order valence-corrected chi connectivity index (χ0v) is 8.95. The number of likely N-dealkylation sites (tertiary alicyclic amines) is 1. The van der Waals surface area contributed by atoms with Crippen molar-refractivity contribution in [1.29, 1.82) is 0 Å². The number of rotatable bonds is 3. The molecule has 0 aromatic heterocycles. The summed E-state index contributed by atoms with van der Waals surface area (Å²) in [5.74, 6) is -0.169. The summed E-state index contributed by atoms with van der Waals surface area (Å²) in [6, 6.07) is -0.0225. The second-order valence-corrected chi connectivity index (χ2v) is 3.54. The first-order valence-corrected chi connectivity index (χ1v) is 5.19. The minimum atomic E-state index is -0.169. The quantitative estimate of drug-likeness (QED) is 0.555. The van der Waals surface area contributed by atoms with Crippen LogP contribution in [-0.4, -0.2) is 49.1 Å². The van der Waals surface area contributed by atoms with Gasteiger partial charge in [-0.3, -0.25) is 4.79 Å². The number of hydrogen-bond donors (Lipinski definition) is 3. The monoisotopic (exact) mass is 214 g/mol. The Labute approximate surface area is 89.2 Å². The van der Waals surface area contributed by atoms with Gasteiger partial charge in [-0.05, 0) is 13.3 Å². The highest BCUT2D eigenvalue weighted by atomic mass is 16.2. The number of nitrogens with zero attached hydrogens (tertiary/aromatic N) is 1. The first kappa shape index (κ1) is 11.8. The zero-order chi connectivity index (χ0) is 11.3. The minimum Gasteiger partial charge on any atom is -0.350 e. The van der Waals surface area contributed by atoms with Crippen molar-refractivity contribution in [2.45, 2.75) is 19.4 Å². The van der Waals surface area contributed by atoms with Crippen molar-refractivity contribution in [3.05, 3.63) is 0 Å². The van der Waals surface area contributed by atoms with Crippen molar-refractivity contribution in [3.63, 3.8) is 0 Å². The Hall–Kier alpha value is -1.30. The summed E-state index contributed by atoms with van der Waals surface area (Å²) in [7, 11) is 0. The van der Waals surface area contributed by atoms with E-state index in [-0.39, 0.29) is 24.5 Å². The van der Waals surface area contributed by atoms with E-state index < -0.39 is 0 Å². The lowest BCUT2D eigenvalue weighted by molar-refractivity contribution is -0.120. The molecule has 1 saturated heterocycles. The first-order valence-electron chi connectivity index (χ1n) is 5.19. The molecule has 1 atom stereocenters. The van der Waals surface area contributed by atoms with Crippen molar-refractivity contribution in [2.75, 3.05) is 26.2 Å². The van der Waals surface area contributed by atoms with Gasteiger partial charge in [0.05, 0.1) is 6.54 Å². The molecule has 1 heterocycles. The summed E-state index contributed by atoms with van der Waals surface area (Å²) >= 11 is 0. The maximum Gasteiger partial charge on any atom is 0.317 e. The van der Waals surface area contributed by atoms with E-state index in [0.717, 1.165) is 6.42 Å². The molecule has 1 fully saturated rings. The van der Waals surface area contributed by atoms with Gasteiger partial charge in [0.25, 0.3) is 0 Å². The standard InChI is InChI=1S/C9H18N4O2/c1-2-11-9(15)13-4-3-7(6-13)12-8(14)5-10/h7H,2-6,10H2,1H3,(H,11,15)(H,12,14). The Bertz CT molecular complexity index is 244. The van der Waals surface area contributed by atoms with Crippen LogP contribution in [0.15, 0.2) is 0 Å². The fraction of sp³-hybridized carbons (Fsp3) is 0.778. The molecule has 0 saturated carbocycles. The molecule has 1 rings (SSSR count). The zero-order valence-electron chi connectivity index (χ0n) is 8.95. The van der Waals surface area contributed by atoms with Gasteiger partial charge < -0.3 is 21.3 Å². The summed E-state index contributed by atoms with van der Waals surface area (Å²) in [5.41, 5.74) is 5.19. The van der Waals surface area contributed by atoms with Crippen LogP contribution in [0.2, 0.25) is 0 Å². The Morgan fingerprint density at radius 1 is 1.53 bits per heavy atom. The highest BCUT2D eigenvalue weighted by Crippen LogP contribution is 2.08. The largest absolute Gasteiger partial charge is 0.350 e. The number of urea groups is 1. The molecule has 6 nitrogen and oxygen atoms in total. The number of carbonyl (C=O) groups excluding carboxylic acids is 2. The molecule has 0 aromatic carbocycles. The Morgan fingerprint density at radius 3 is 2.87 bits per heavy atom. The predicted octanol–water partition coefficient (Wildman–Crippen LogP) is -1.13. The number of nitrogens with one attached hydrogen (secondary N) is 2. The van der Waals surface area contributed by atoms with E-state index in [1.165, 1.54) is 0 Å². The average molecular weight is 214 g/mol. The van der Waals surface area contributed by atoms with Crippen LogP contribution in [0.1, 0.15) is 13.3 Å². The van der Waals surface area contributed by atoms with Crippen LogP contribution in [-0.2, 0) is 4.79 Å². The van der Waals surface area contributed by atoms with Gasteiger partial charge in [0.2, 0.25) is 5.91 Å². The van der Waals surface area contributed by atoms with Crippen LogP contribution in [0, 0.1) is 0 Å². The second-order valence-electron chi connectivity index (χ2n) is 3.54. The first-order chi connectivity index (χ1) is 7.17. The van der Waals surface area contributed by atoms with Crippen molar-refractivity contribution >= 4 is 11.9 Å². The van der Waals surface area contributed by atoms with E-state index in [4.69, 9.17) is 5.73 Å². The molecule has 1 aliphatic heterocycles. The van der Waals surface area contributed by atoms with Crippen molar-refractivity contribution in [2.24, 2.45) is 5.73 Å². The van der Waals surface area contributed by atoms with E-state index >= 15 is 0 Å². The maximum atomic E-state index is 11.4. The van der Waals surface area contributed by atoms with E-state index in [9.17, 15) is 9.59 Å². The van der Waals surface area contributed by atoms with Gasteiger partial charge in [0, 0.05) is 25.7 Å². The van der Waals surface area contributed by atoms with Gasteiger partial charge in [-0.25, -0.2) is 4.79 Å². The van der Waals surface area contributed by atoms with Crippen molar-refractivity contribution in [1.82, 2.24) is 15.5 Å². The smallest absolute Gasteiger partial charge is 0.317 e. The van der Waals surface area contributed by atoms with E-state index in [1.807, 2.05) is 6.92 Å². The lowest BCUT2D eigenvalue weighted by Gasteiger charge is -2.17. The summed E-state index contributed by atoms with van der Waals surface area (Å²) in [6.45, 7) is 3.74. The average Bonchev–Trinajstić information content (AvgIpc) is 2.66. The molecule has 1 aliphatic rings. The third-order valence-corrected chi connectivity index (χ3v) is 2.35. The molecule has 0 aliphatic carbocycles. The highest BCUT2D eigenvalue weighted by molar-refractivity contribution is 5.78. The minimum absolute atomic E-state index is 0.00232. The Kier molecular flexibility index (Phi) is 4.36. The normalized spacial score (nSPS) is 20.1. The molecule has 0 spiro atoms. The summed E-state index contributed by atoms with van der Waals surface area (Å²) < 4.78 is 0. The third-order valence-electron chi connectivity index (χ3n) is 2.35. The summed E-state index contributed by atoms with van der Waals surface area (Å²) in [4.78, 5) is 24.1. The topological polar surface area (TPSA) is 87.5 Å². The lowest BCUT2D eigenvalue weighted by Crippen LogP contribution is -2.43. The Balaban J connectivity index is 2.32. The number of carbonyl (C=O) groups is 2. The van der Waals surface area contributed by atoms with E-state index in [1.54, 1.807) is 4.90 Å². The van der Waals surface area contributed by atoms with Gasteiger partial charge in [-0.2, -0.15) is 0 Å². The molecule has 0 radical (unpaired) electrons. The molecule has 0 aromatic rings. The molecule has 3 amide bonds. The van der Waals surface area contributed by atoms with Crippen LogP contribution in [0.3, 0.4) is 0 Å². The van der Waals surface area contributed by atoms with Gasteiger partial charge >= 0.3 is 6.03 Å². The molecule has 86 valence electrons. The number of hydrogen-bond acceptors (Lipinski definition) is 3. The van der Waals surface area contributed by atoms with Gasteiger partial charge in [0.1, 0.15) is 0 Å². The predicted molar refractivity (Wildman–Crippen MR) is 56.2 cm³/mol. The van der Waals surface area contributed by atoms with E-state index in [0.29, 0.717) is 19.6 Å². The van der Waals surface area contributed by atoms with Crippen molar-refractivity contribution in [3.8, 4) is 0 Å². The molecule has 6 heteroatoms. The SMILES string of the molecule is CCNC(=O)N1CCC(NC(=O)CN)C1. The fourth-order valence-electron chi connectivity index (χ4n) is 1.61. The molecule has 0 bridgehead atoms. The van der Waals surface area contributed by atoms with Crippen molar-refractivity contribution < 1.29 is 9.59 Å². The molecular formula is C9H18N4O2. The summed E-state index contributed by atoms with van der Waals surface area (Å²) in [5, 5.41) is 5.49. The second kappa shape index (κ2) is 5.55. The van der Waals surface area contributed by atoms with Crippen LogP contribution < -0.4 is 16.4 Å². The van der Waals surface area contributed by atoms with Gasteiger partial charge in [-0.15, -0.1) is 0 Å². The maximum absolute atomic E-state index is 11.4. The van der Waals surface area contributed by atoms with Crippen LogP contribution in [0.4, 0.5) is 4.79 Å². The Morgan fingerprint density at radius 2 is 2.27 bits per heavy atom. The lowest BCUT2D eigenvalue weighted by atomic mass is 10.2. The molecular weight excluding hydrogens is 196 g/mol. The number of nitrogens with two attached hydrogens (primary N) is 1. The van der Waals surface area contributed by atoms with Gasteiger partial charge in [0.15, 0.2) is 0 Å². The third kappa shape index (κ3) is 3.39. The molecule has 1 unspecified atom stereocenters. The van der Waals surface area contributed by atoms with Crippen LogP contribution in [0.5, 0.6) is 0 Å². The summed E-state index contributed by atoms with van der Waals surface area (Å²) in [6.07, 6.45) is 0.795. The number of amides is 3. The molecule has 4 N–H and O–H groups in total. The van der Waals surface area contributed by atoms with Crippen LogP contribution >= 0.6 is 0 Å². The fourth-order valence-corrected chi connectivity index (χ4v) is 1.61. The van der Waals surface area contributed by atoms with E-state index in [2.05, 4.69) is 10.6 Å². The van der Waals surface area contributed by atoms with Crippen LogP contribution in [0.25, 0.3) is 0 Å². The molecule has 15 heavy (non-hydrogen) atoms.